The van der Waals surface area contributed by atoms with Gasteiger partial charge in [0.2, 0.25) is 0 Å². The van der Waals surface area contributed by atoms with Crippen molar-refractivity contribution in [1.82, 2.24) is 5.32 Å². The van der Waals surface area contributed by atoms with Crippen LogP contribution in [0.15, 0.2) is 42.5 Å². The molecule has 0 unspecified atom stereocenters. The Kier molecular flexibility index (Phi) is 5.42. The van der Waals surface area contributed by atoms with Crippen LogP contribution < -0.4 is 14.8 Å². The summed E-state index contributed by atoms with van der Waals surface area (Å²) in [6.45, 7) is 2.53. The fourth-order valence-corrected chi connectivity index (χ4v) is 2.18. The van der Waals surface area contributed by atoms with E-state index in [1.165, 1.54) is 0 Å². The average Bonchev–Trinajstić information content (AvgIpc) is 2.55. The summed E-state index contributed by atoms with van der Waals surface area (Å²) in [4.78, 5) is 12.1. The maximum atomic E-state index is 12.1. The smallest absolute Gasteiger partial charge is 0.251 e. The third-order valence-corrected chi connectivity index (χ3v) is 3.53. The molecule has 4 nitrogen and oxygen atoms in total. The summed E-state index contributed by atoms with van der Waals surface area (Å²) in [6.07, 6.45) is 0.777. The molecule has 0 saturated heterocycles. The molecular formula is C18H21NO3. The highest BCUT2D eigenvalue weighted by Crippen LogP contribution is 2.18. The second kappa shape index (κ2) is 7.50. The molecule has 0 aliphatic rings. The van der Waals surface area contributed by atoms with Crippen molar-refractivity contribution in [1.29, 1.82) is 0 Å². The fourth-order valence-electron chi connectivity index (χ4n) is 2.18. The minimum atomic E-state index is -0.0909. The molecule has 2 aromatic carbocycles. The minimum Gasteiger partial charge on any atom is -0.497 e. The number of hydrogen-bond acceptors (Lipinski definition) is 3. The number of carbonyl (C=O) groups is 1. The predicted molar refractivity (Wildman–Crippen MR) is 86.8 cm³/mol. The number of benzene rings is 2. The lowest BCUT2D eigenvalue weighted by atomic mass is 10.1. The van der Waals surface area contributed by atoms with Crippen molar-refractivity contribution in [3.63, 3.8) is 0 Å². The van der Waals surface area contributed by atoms with Gasteiger partial charge in [-0.05, 0) is 48.7 Å². The van der Waals surface area contributed by atoms with Crippen LogP contribution in [-0.4, -0.2) is 26.7 Å². The van der Waals surface area contributed by atoms with Crippen LogP contribution in [0.1, 0.15) is 21.5 Å². The molecule has 0 fully saturated rings. The van der Waals surface area contributed by atoms with Crippen LogP contribution >= 0.6 is 0 Å². The molecule has 1 amide bonds. The molecule has 0 bridgehead atoms. The highest BCUT2D eigenvalue weighted by molar-refractivity contribution is 5.94. The lowest BCUT2D eigenvalue weighted by Gasteiger charge is -2.09. The number of aryl methyl sites for hydroxylation is 1. The maximum Gasteiger partial charge on any atom is 0.251 e. The van der Waals surface area contributed by atoms with Crippen molar-refractivity contribution in [2.75, 3.05) is 20.8 Å². The van der Waals surface area contributed by atoms with E-state index in [1.54, 1.807) is 26.4 Å². The van der Waals surface area contributed by atoms with Crippen LogP contribution in [0.25, 0.3) is 0 Å². The number of hydrogen-bond donors (Lipinski definition) is 1. The van der Waals surface area contributed by atoms with E-state index in [4.69, 9.17) is 9.47 Å². The second-order valence-corrected chi connectivity index (χ2v) is 5.04. The predicted octanol–water partition coefficient (Wildman–Crippen LogP) is 2.98. The first-order valence-corrected chi connectivity index (χ1v) is 7.20. The molecule has 0 aliphatic carbocycles. The molecule has 0 aliphatic heterocycles. The number of methoxy groups -OCH3 is 2. The standard InChI is InChI=1S/C18H21NO3/c1-13-4-7-15(12-17(13)22-3)18(20)19-11-10-14-5-8-16(21-2)9-6-14/h4-9,12H,10-11H2,1-3H3,(H,19,20). The van der Waals surface area contributed by atoms with E-state index in [2.05, 4.69) is 5.32 Å². The first-order chi connectivity index (χ1) is 10.6. The Morgan fingerprint density at radius 3 is 2.41 bits per heavy atom. The van der Waals surface area contributed by atoms with Gasteiger partial charge in [-0.2, -0.15) is 0 Å². The summed E-state index contributed by atoms with van der Waals surface area (Å²) in [7, 11) is 3.25. The van der Waals surface area contributed by atoms with E-state index in [0.29, 0.717) is 12.1 Å². The van der Waals surface area contributed by atoms with Crippen molar-refractivity contribution in [2.45, 2.75) is 13.3 Å². The SMILES string of the molecule is COc1ccc(CCNC(=O)c2ccc(C)c(OC)c2)cc1. The van der Waals surface area contributed by atoms with Gasteiger partial charge in [-0.3, -0.25) is 4.79 Å². The first kappa shape index (κ1) is 15.9. The van der Waals surface area contributed by atoms with Crippen LogP contribution in [0.3, 0.4) is 0 Å². The molecule has 0 heterocycles. The molecule has 1 N–H and O–H groups in total. The zero-order valence-corrected chi connectivity index (χ0v) is 13.2. The third kappa shape index (κ3) is 4.01. The van der Waals surface area contributed by atoms with Gasteiger partial charge in [0.1, 0.15) is 11.5 Å². The molecular weight excluding hydrogens is 278 g/mol. The quantitative estimate of drug-likeness (QED) is 0.892. The van der Waals surface area contributed by atoms with E-state index in [0.717, 1.165) is 29.0 Å². The Hall–Kier alpha value is -2.49. The number of ether oxygens (including phenoxy) is 2. The van der Waals surface area contributed by atoms with Gasteiger partial charge in [-0.1, -0.05) is 18.2 Å². The lowest BCUT2D eigenvalue weighted by molar-refractivity contribution is 0.0954. The number of carbonyl (C=O) groups excluding carboxylic acids is 1. The molecule has 0 spiro atoms. The van der Waals surface area contributed by atoms with E-state index in [9.17, 15) is 4.79 Å². The lowest BCUT2D eigenvalue weighted by Crippen LogP contribution is -2.25. The number of rotatable bonds is 6. The van der Waals surface area contributed by atoms with Crippen LogP contribution in [-0.2, 0) is 6.42 Å². The van der Waals surface area contributed by atoms with E-state index in [1.807, 2.05) is 37.3 Å². The second-order valence-electron chi connectivity index (χ2n) is 5.04. The normalized spacial score (nSPS) is 10.1. The molecule has 22 heavy (non-hydrogen) atoms. The van der Waals surface area contributed by atoms with Gasteiger partial charge in [0.25, 0.3) is 5.91 Å². The Morgan fingerprint density at radius 1 is 1.05 bits per heavy atom. The van der Waals surface area contributed by atoms with Gasteiger partial charge < -0.3 is 14.8 Å². The molecule has 0 aromatic heterocycles. The summed E-state index contributed by atoms with van der Waals surface area (Å²) < 4.78 is 10.4. The number of amides is 1. The third-order valence-electron chi connectivity index (χ3n) is 3.53. The molecule has 0 atom stereocenters. The summed E-state index contributed by atoms with van der Waals surface area (Å²) >= 11 is 0. The Morgan fingerprint density at radius 2 is 1.77 bits per heavy atom. The highest BCUT2D eigenvalue weighted by atomic mass is 16.5. The topological polar surface area (TPSA) is 47.6 Å². The highest BCUT2D eigenvalue weighted by Gasteiger charge is 2.08. The number of nitrogens with one attached hydrogen (secondary N) is 1. The zero-order chi connectivity index (χ0) is 15.9. The Labute approximate surface area is 131 Å². The summed E-state index contributed by atoms with van der Waals surface area (Å²) in [5, 5.41) is 2.92. The van der Waals surface area contributed by atoms with Crippen molar-refractivity contribution < 1.29 is 14.3 Å². The monoisotopic (exact) mass is 299 g/mol. The van der Waals surface area contributed by atoms with Crippen LogP contribution in [0, 0.1) is 6.92 Å². The van der Waals surface area contributed by atoms with Gasteiger partial charge in [0, 0.05) is 12.1 Å². The van der Waals surface area contributed by atoms with Crippen LogP contribution in [0.5, 0.6) is 11.5 Å². The molecule has 116 valence electrons. The van der Waals surface area contributed by atoms with E-state index >= 15 is 0 Å². The van der Waals surface area contributed by atoms with Gasteiger partial charge >= 0.3 is 0 Å². The largest absolute Gasteiger partial charge is 0.497 e. The van der Waals surface area contributed by atoms with Gasteiger partial charge in [0.05, 0.1) is 14.2 Å². The Bertz CT molecular complexity index is 635. The molecule has 2 rings (SSSR count). The molecule has 4 heteroatoms. The van der Waals surface area contributed by atoms with E-state index in [-0.39, 0.29) is 5.91 Å². The minimum absolute atomic E-state index is 0.0909. The van der Waals surface area contributed by atoms with Crippen molar-refractivity contribution in [3.8, 4) is 11.5 Å². The van der Waals surface area contributed by atoms with Crippen molar-refractivity contribution in [3.05, 3.63) is 59.2 Å². The maximum absolute atomic E-state index is 12.1. The van der Waals surface area contributed by atoms with Gasteiger partial charge in [0.15, 0.2) is 0 Å². The summed E-state index contributed by atoms with van der Waals surface area (Å²) in [5.41, 5.74) is 2.78. The van der Waals surface area contributed by atoms with Crippen LogP contribution in [0.4, 0.5) is 0 Å². The first-order valence-electron chi connectivity index (χ1n) is 7.20. The Balaban J connectivity index is 1.89. The van der Waals surface area contributed by atoms with E-state index < -0.39 is 0 Å². The summed E-state index contributed by atoms with van der Waals surface area (Å²) in [5.74, 6) is 1.47. The fraction of sp³-hybridized carbons (Fsp3) is 0.278. The van der Waals surface area contributed by atoms with Crippen molar-refractivity contribution in [2.24, 2.45) is 0 Å². The summed E-state index contributed by atoms with van der Waals surface area (Å²) in [6, 6.07) is 13.3. The molecule has 2 aromatic rings. The molecule has 0 radical (unpaired) electrons. The molecule has 0 saturated carbocycles. The van der Waals surface area contributed by atoms with Gasteiger partial charge in [-0.25, -0.2) is 0 Å². The van der Waals surface area contributed by atoms with Crippen LogP contribution in [0.2, 0.25) is 0 Å². The average molecular weight is 299 g/mol. The van der Waals surface area contributed by atoms with Crippen molar-refractivity contribution >= 4 is 5.91 Å². The zero-order valence-electron chi connectivity index (χ0n) is 13.2. The van der Waals surface area contributed by atoms with Gasteiger partial charge in [-0.15, -0.1) is 0 Å².